The normalized spacial score (nSPS) is 16.2. The Balaban J connectivity index is 1.71. The van der Waals surface area contributed by atoms with Gasteiger partial charge in [0.25, 0.3) is 0 Å². The topological polar surface area (TPSA) is 42.7 Å². The van der Waals surface area contributed by atoms with Gasteiger partial charge in [-0.1, -0.05) is 19.3 Å². The lowest BCUT2D eigenvalue weighted by atomic mass is 9.96. The van der Waals surface area contributed by atoms with E-state index in [1.807, 2.05) is 24.8 Å². The molecule has 1 fully saturated rings. The van der Waals surface area contributed by atoms with Gasteiger partial charge >= 0.3 is 0 Å². The Morgan fingerprint density at radius 1 is 1.25 bits per heavy atom. The van der Waals surface area contributed by atoms with E-state index in [0.717, 1.165) is 12.5 Å². The molecular weight excluding hydrogens is 248 g/mol. The lowest BCUT2D eigenvalue weighted by Gasteiger charge is -2.23. The Labute approximate surface area is 120 Å². The summed E-state index contributed by atoms with van der Waals surface area (Å²) in [6, 6.07) is 2.67. The molecule has 0 unspecified atom stereocenters. The van der Waals surface area contributed by atoms with Crippen LogP contribution in [0.3, 0.4) is 0 Å². The van der Waals surface area contributed by atoms with Gasteiger partial charge in [-0.15, -0.1) is 0 Å². The number of pyridine rings is 1. The van der Waals surface area contributed by atoms with Gasteiger partial charge in [-0.05, 0) is 37.0 Å². The first-order valence-electron chi connectivity index (χ1n) is 7.50. The number of nitrogens with one attached hydrogen (secondary N) is 1. The van der Waals surface area contributed by atoms with Crippen LogP contribution in [0.1, 0.15) is 43.2 Å². The molecule has 1 aliphatic rings. The lowest BCUT2D eigenvalue weighted by molar-refractivity contribution is 0.459. The van der Waals surface area contributed by atoms with E-state index in [0.29, 0.717) is 6.04 Å². The van der Waals surface area contributed by atoms with Gasteiger partial charge in [0.05, 0.1) is 6.54 Å². The molecule has 0 amide bonds. The number of nitrogens with zero attached hydrogens (tertiary/aromatic N) is 3. The van der Waals surface area contributed by atoms with Crippen LogP contribution < -0.4 is 5.32 Å². The first kappa shape index (κ1) is 13.2. The maximum Gasteiger partial charge on any atom is 0.203 e. The van der Waals surface area contributed by atoms with Crippen LogP contribution in [0, 0.1) is 6.92 Å². The highest BCUT2D eigenvalue weighted by Crippen LogP contribution is 2.21. The van der Waals surface area contributed by atoms with E-state index >= 15 is 0 Å². The highest BCUT2D eigenvalue weighted by Gasteiger charge is 2.15. The summed E-state index contributed by atoms with van der Waals surface area (Å²) in [5.41, 5.74) is 2.52. The average Bonchev–Trinajstić information content (AvgIpc) is 2.90. The molecule has 2 aromatic rings. The van der Waals surface area contributed by atoms with Gasteiger partial charge in [0.1, 0.15) is 0 Å². The van der Waals surface area contributed by atoms with Crippen molar-refractivity contribution in [2.24, 2.45) is 0 Å². The van der Waals surface area contributed by atoms with Crippen LogP contribution in [0.4, 0.5) is 5.95 Å². The Hall–Kier alpha value is -1.84. The maximum atomic E-state index is 4.47. The second-order valence-corrected chi connectivity index (χ2v) is 5.66. The monoisotopic (exact) mass is 270 g/mol. The van der Waals surface area contributed by atoms with Crippen molar-refractivity contribution in [1.29, 1.82) is 0 Å². The molecule has 0 saturated heterocycles. The van der Waals surface area contributed by atoms with Gasteiger partial charge in [0, 0.05) is 30.8 Å². The fraction of sp³-hybridized carbons (Fsp3) is 0.500. The smallest absolute Gasteiger partial charge is 0.203 e. The molecule has 0 aliphatic heterocycles. The number of aromatic nitrogens is 3. The van der Waals surface area contributed by atoms with Gasteiger partial charge in [-0.3, -0.25) is 4.98 Å². The first-order chi connectivity index (χ1) is 9.83. The SMILES string of the molecule is Cc1cnccc1Cn1ccnc1NC1CCCCC1. The molecule has 1 saturated carbocycles. The summed E-state index contributed by atoms with van der Waals surface area (Å²) in [5.74, 6) is 0.994. The number of rotatable bonds is 4. The van der Waals surface area contributed by atoms with Crippen molar-refractivity contribution in [3.63, 3.8) is 0 Å². The van der Waals surface area contributed by atoms with Crippen molar-refractivity contribution in [1.82, 2.24) is 14.5 Å². The molecule has 2 aromatic heterocycles. The highest BCUT2D eigenvalue weighted by molar-refractivity contribution is 5.31. The Morgan fingerprint density at radius 2 is 2.10 bits per heavy atom. The number of hydrogen-bond acceptors (Lipinski definition) is 3. The van der Waals surface area contributed by atoms with Crippen molar-refractivity contribution in [3.05, 3.63) is 42.0 Å². The van der Waals surface area contributed by atoms with E-state index in [2.05, 4.69) is 32.8 Å². The molecule has 4 nitrogen and oxygen atoms in total. The summed E-state index contributed by atoms with van der Waals surface area (Å²) in [6.07, 6.45) is 14.3. The third-order valence-electron chi connectivity index (χ3n) is 4.13. The van der Waals surface area contributed by atoms with Crippen LogP contribution in [0.2, 0.25) is 0 Å². The predicted octanol–water partition coefficient (Wildman–Crippen LogP) is 3.38. The average molecular weight is 270 g/mol. The molecule has 0 atom stereocenters. The summed E-state index contributed by atoms with van der Waals surface area (Å²) in [7, 11) is 0. The molecule has 0 radical (unpaired) electrons. The third kappa shape index (κ3) is 3.00. The minimum Gasteiger partial charge on any atom is -0.353 e. The van der Waals surface area contributed by atoms with Crippen LogP contribution in [0.5, 0.6) is 0 Å². The van der Waals surface area contributed by atoms with E-state index in [4.69, 9.17) is 0 Å². The molecular formula is C16H22N4. The zero-order chi connectivity index (χ0) is 13.8. The standard InChI is InChI=1S/C16H22N4/c1-13-11-17-8-7-14(13)12-20-10-9-18-16(20)19-15-5-3-2-4-6-15/h7-11,15H,2-6,12H2,1H3,(H,18,19). The second kappa shape index (κ2) is 6.07. The number of hydrogen-bond donors (Lipinski definition) is 1. The molecule has 0 spiro atoms. The van der Waals surface area contributed by atoms with E-state index < -0.39 is 0 Å². The molecule has 0 bridgehead atoms. The summed E-state index contributed by atoms with van der Waals surface area (Å²) in [4.78, 5) is 8.62. The largest absolute Gasteiger partial charge is 0.353 e. The Morgan fingerprint density at radius 3 is 2.90 bits per heavy atom. The minimum absolute atomic E-state index is 0.587. The van der Waals surface area contributed by atoms with Gasteiger partial charge in [0.15, 0.2) is 0 Å². The predicted molar refractivity (Wildman–Crippen MR) is 80.8 cm³/mol. The van der Waals surface area contributed by atoms with Gasteiger partial charge < -0.3 is 9.88 Å². The Bertz CT molecular complexity index is 555. The van der Waals surface area contributed by atoms with Crippen molar-refractivity contribution in [3.8, 4) is 0 Å². The van der Waals surface area contributed by atoms with Crippen LogP contribution in [-0.4, -0.2) is 20.6 Å². The molecule has 1 N–H and O–H groups in total. The molecule has 2 heterocycles. The summed E-state index contributed by atoms with van der Waals surface area (Å²) in [6.45, 7) is 2.96. The molecule has 106 valence electrons. The van der Waals surface area contributed by atoms with Crippen LogP contribution in [0.25, 0.3) is 0 Å². The number of anilines is 1. The third-order valence-corrected chi connectivity index (χ3v) is 4.13. The highest BCUT2D eigenvalue weighted by atomic mass is 15.2. The fourth-order valence-electron chi connectivity index (χ4n) is 2.87. The van der Waals surface area contributed by atoms with E-state index in [9.17, 15) is 0 Å². The van der Waals surface area contributed by atoms with E-state index in [1.165, 1.54) is 43.2 Å². The van der Waals surface area contributed by atoms with Crippen molar-refractivity contribution < 1.29 is 0 Å². The molecule has 4 heteroatoms. The molecule has 1 aliphatic carbocycles. The summed E-state index contributed by atoms with van der Waals surface area (Å²) in [5, 5.41) is 3.61. The zero-order valence-electron chi connectivity index (χ0n) is 12.0. The fourth-order valence-corrected chi connectivity index (χ4v) is 2.87. The van der Waals surface area contributed by atoms with Crippen molar-refractivity contribution >= 4 is 5.95 Å². The van der Waals surface area contributed by atoms with E-state index in [1.54, 1.807) is 0 Å². The molecule has 3 rings (SSSR count). The van der Waals surface area contributed by atoms with Gasteiger partial charge in [0.2, 0.25) is 5.95 Å². The van der Waals surface area contributed by atoms with Crippen molar-refractivity contribution in [2.45, 2.75) is 51.6 Å². The molecule has 20 heavy (non-hydrogen) atoms. The lowest BCUT2D eigenvalue weighted by Crippen LogP contribution is -2.24. The van der Waals surface area contributed by atoms with Crippen molar-refractivity contribution in [2.75, 3.05) is 5.32 Å². The van der Waals surface area contributed by atoms with Gasteiger partial charge in [-0.25, -0.2) is 4.98 Å². The minimum atomic E-state index is 0.587. The summed E-state index contributed by atoms with van der Waals surface area (Å²) < 4.78 is 2.19. The van der Waals surface area contributed by atoms with Crippen LogP contribution in [-0.2, 0) is 6.54 Å². The van der Waals surface area contributed by atoms with E-state index in [-0.39, 0.29) is 0 Å². The van der Waals surface area contributed by atoms with Crippen LogP contribution in [0.15, 0.2) is 30.9 Å². The summed E-state index contributed by atoms with van der Waals surface area (Å²) >= 11 is 0. The first-order valence-corrected chi connectivity index (χ1v) is 7.50. The zero-order valence-corrected chi connectivity index (χ0v) is 12.0. The Kier molecular flexibility index (Phi) is 4.00. The number of imidazole rings is 1. The quantitative estimate of drug-likeness (QED) is 0.926. The van der Waals surface area contributed by atoms with Gasteiger partial charge in [-0.2, -0.15) is 0 Å². The second-order valence-electron chi connectivity index (χ2n) is 5.66. The van der Waals surface area contributed by atoms with Crippen LogP contribution >= 0.6 is 0 Å². The number of aryl methyl sites for hydroxylation is 1. The maximum absolute atomic E-state index is 4.47. The molecule has 0 aromatic carbocycles.